The molecule has 1 unspecified atom stereocenters. The predicted molar refractivity (Wildman–Crippen MR) is 66.9 cm³/mol. The lowest BCUT2D eigenvalue weighted by molar-refractivity contribution is 0.387. The number of hydrogen-bond acceptors (Lipinski definition) is 4. The van der Waals surface area contributed by atoms with E-state index < -0.39 is 5.82 Å². The maximum absolute atomic E-state index is 13.4. The summed E-state index contributed by atoms with van der Waals surface area (Å²) in [5, 5.41) is 3.33. The topological polar surface area (TPSA) is 50.5 Å². The van der Waals surface area contributed by atoms with Crippen LogP contribution in [0.4, 0.5) is 15.8 Å². The van der Waals surface area contributed by atoms with Crippen LogP contribution in [-0.4, -0.2) is 38.2 Å². The largest absolute Gasteiger partial charge is 0.494 e. The summed E-state index contributed by atoms with van der Waals surface area (Å²) in [6.45, 7) is 2.04. The minimum Gasteiger partial charge on any atom is -0.494 e. The van der Waals surface area contributed by atoms with E-state index in [0.29, 0.717) is 11.7 Å². The van der Waals surface area contributed by atoms with Gasteiger partial charge in [0.15, 0.2) is 11.6 Å². The quantitative estimate of drug-likeness (QED) is 0.785. The standard InChI is InChI=1S/C12H18FN3O/c1-16-4-3-8(7-16)15-11-6-12(17-2)9(13)5-10(11)14/h5-6,8,15H,3-4,7,14H2,1-2H3. The molecule has 1 aliphatic rings. The maximum Gasteiger partial charge on any atom is 0.167 e. The van der Waals surface area contributed by atoms with E-state index in [0.717, 1.165) is 25.2 Å². The van der Waals surface area contributed by atoms with Gasteiger partial charge in [-0.15, -0.1) is 0 Å². The first-order chi connectivity index (χ1) is 8.10. The zero-order chi connectivity index (χ0) is 12.4. The molecular weight excluding hydrogens is 221 g/mol. The van der Waals surface area contributed by atoms with Crippen LogP contribution in [0.25, 0.3) is 0 Å². The minimum absolute atomic E-state index is 0.216. The van der Waals surface area contributed by atoms with Crippen molar-refractivity contribution < 1.29 is 9.13 Å². The number of nitrogens with zero attached hydrogens (tertiary/aromatic N) is 1. The van der Waals surface area contributed by atoms with Crippen LogP contribution in [-0.2, 0) is 0 Å². The Morgan fingerprint density at radius 2 is 2.29 bits per heavy atom. The van der Waals surface area contributed by atoms with Crippen molar-refractivity contribution in [3.63, 3.8) is 0 Å². The summed E-state index contributed by atoms with van der Waals surface area (Å²) in [5.74, 6) is -0.216. The van der Waals surface area contributed by atoms with Crippen LogP contribution >= 0.6 is 0 Å². The summed E-state index contributed by atoms with van der Waals surface area (Å²) in [5.41, 5.74) is 6.94. The van der Waals surface area contributed by atoms with Gasteiger partial charge in [0.25, 0.3) is 0 Å². The molecule has 0 radical (unpaired) electrons. The molecule has 0 aliphatic carbocycles. The highest BCUT2D eigenvalue weighted by molar-refractivity contribution is 5.69. The lowest BCUT2D eigenvalue weighted by Crippen LogP contribution is -2.24. The first kappa shape index (κ1) is 12.0. The lowest BCUT2D eigenvalue weighted by atomic mass is 10.2. The molecule has 0 spiro atoms. The smallest absolute Gasteiger partial charge is 0.167 e. The van der Waals surface area contributed by atoms with Crippen LogP contribution in [0.15, 0.2) is 12.1 Å². The Morgan fingerprint density at radius 3 is 2.88 bits per heavy atom. The Kier molecular flexibility index (Phi) is 3.38. The van der Waals surface area contributed by atoms with Crippen LogP contribution in [0.1, 0.15) is 6.42 Å². The van der Waals surface area contributed by atoms with Gasteiger partial charge >= 0.3 is 0 Å². The van der Waals surface area contributed by atoms with Crippen LogP contribution in [0.3, 0.4) is 0 Å². The van der Waals surface area contributed by atoms with Gasteiger partial charge in [0.1, 0.15) is 0 Å². The molecule has 1 saturated heterocycles. The third kappa shape index (κ3) is 2.61. The lowest BCUT2D eigenvalue weighted by Gasteiger charge is -2.17. The summed E-state index contributed by atoms with van der Waals surface area (Å²) in [6.07, 6.45) is 1.07. The van der Waals surface area contributed by atoms with Crippen molar-refractivity contribution in [1.29, 1.82) is 0 Å². The van der Waals surface area contributed by atoms with E-state index >= 15 is 0 Å². The Bertz CT molecular complexity index is 411. The molecule has 4 nitrogen and oxygen atoms in total. The number of hydrogen-bond donors (Lipinski definition) is 2. The van der Waals surface area contributed by atoms with Crippen molar-refractivity contribution in [3.05, 3.63) is 17.9 Å². The van der Waals surface area contributed by atoms with Gasteiger partial charge in [-0.2, -0.15) is 0 Å². The third-order valence-electron chi connectivity index (χ3n) is 3.07. The molecule has 0 aromatic heterocycles. The number of likely N-dealkylation sites (tertiary alicyclic amines) is 1. The Labute approximate surface area is 101 Å². The van der Waals surface area contributed by atoms with Crippen molar-refractivity contribution in [1.82, 2.24) is 4.90 Å². The number of rotatable bonds is 3. The number of halogens is 1. The Morgan fingerprint density at radius 1 is 1.53 bits per heavy atom. The number of anilines is 2. The van der Waals surface area contributed by atoms with Crippen molar-refractivity contribution in [3.8, 4) is 5.75 Å². The average molecular weight is 239 g/mol. The molecule has 5 heteroatoms. The van der Waals surface area contributed by atoms with E-state index in [-0.39, 0.29) is 5.75 Å². The van der Waals surface area contributed by atoms with E-state index in [9.17, 15) is 4.39 Å². The predicted octanol–water partition coefficient (Wildman–Crippen LogP) is 1.53. The SMILES string of the molecule is COc1cc(NC2CCN(C)C2)c(N)cc1F. The second-order valence-electron chi connectivity index (χ2n) is 4.47. The van der Waals surface area contributed by atoms with E-state index in [1.165, 1.54) is 13.2 Å². The van der Waals surface area contributed by atoms with E-state index in [1.54, 1.807) is 6.07 Å². The van der Waals surface area contributed by atoms with Crippen molar-refractivity contribution in [2.75, 3.05) is 38.3 Å². The van der Waals surface area contributed by atoms with Crippen molar-refractivity contribution in [2.45, 2.75) is 12.5 Å². The molecule has 2 rings (SSSR count). The summed E-state index contributed by atoms with van der Waals surface area (Å²) >= 11 is 0. The van der Waals surface area contributed by atoms with Crippen molar-refractivity contribution >= 4 is 11.4 Å². The molecule has 1 heterocycles. The molecule has 0 amide bonds. The fraction of sp³-hybridized carbons (Fsp3) is 0.500. The highest BCUT2D eigenvalue weighted by Crippen LogP contribution is 2.29. The van der Waals surface area contributed by atoms with E-state index in [4.69, 9.17) is 10.5 Å². The molecule has 0 saturated carbocycles. The van der Waals surface area contributed by atoms with E-state index in [1.807, 2.05) is 0 Å². The van der Waals surface area contributed by atoms with Crippen LogP contribution in [0, 0.1) is 5.82 Å². The highest BCUT2D eigenvalue weighted by atomic mass is 19.1. The second-order valence-corrected chi connectivity index (χ2v) is 4.47. The van der Waals surface area contributed by atoms with Gasteiger partial charge in [0, 0.05) is 24.7 Å². The first-order valence-electron chi connectivity index (χ1n) is 5.68. The molecule has 1 atom stereocenters. The van der Waals surface area contributed by atoms with Crippen molar-refractivity contribution in [2.24, 2.45) is 0 Å². The van der Waals surface area contributed by atoms with Gasteiger partial charge in [0.2, 0.25) is 0 Å². The molecule has 94 valence electrons. The van der Waals surface area contributed by atoms with Gasteiger partial charge in [0.05, 0.1) is 18.5 Å². The zero-order valence-corrected chi connectivity index (χ0v) is 10.2. The monoisotopic (exact) mass is 239 g/mol. The first-order valence-corrected chi connectivity index (χ1v) is 5.68. The average Bonchev–Trinajstić information content (AvgIpc) is 2.68. The maximum atomic E-state index is 13.4. The number of benzene rings is 1. The molecule has 17 heavy (non-hydrogen) atoms. The second kappa shape index (κ2) is 4.79. The molecule has 0 bridgehead atoms. The fourth-order valence-electron chi connectivity index (χ4n) is 2.12. The van der Waals surface area contributed by atoms with Gasteiger partial charge < -0.3 is 20.7 Å². The van der Waals surface area contributed by atoms with Crippen LogP contribution in [0.2, 0.25) is 0 Å². The number of methoxy groups -OCH3 is 1. The fourth-order valence-corrected chi connectivity index (χ4v) is 2.12. The van der Waals surface area contributed by atoms with Gasteiger partial charge in [-0.1, -0.05) is 0 Å². The molecule has 1 fully saturated rings. The van der Waals surface area contributed by atoms with Gasteiger partial charge in [-0.25, -0.2) is 4.39 Å². The van der Waals surface area contributed by atoms with Gasteiger partial charge in [-0.3, -0.25) is 0 Å². The Balaban J connectivity index is 2.15. The zero-order valence-electron chi connectivity index (χ0n) is 10.2. The van der Waals surface area contributed by atoms with Crippen LogP contribution < -0.4 is 15.8 Å². The number of nitrogens with two attached hydrogens (primary N) is 1. The molecule has 1 aliphatic heterocycles. The number of nitrogens with one attached hydrogen (secondary N) is 1. The summed E-state index contributed by atoms with van der Waals surface area (Å²) < 4.78 is 18.3. The number of likely N-dealkylation sites (N-methyl/N-ethyl adjacent to an activating group) is 1. The third-order valence-corrected chi connectivity index (χ3v) is 3.07. The van der Waals surface area contributed by atoms with E-state index in [2.05, 4.69) is 17.3 Å². The summed E-state index contributed by atoms with van der Waals surface area (Å²) in [7, 11) is 3.53. The highest BCUT2D eigenvalue weighted by Gasteiger charge is 2.20. The molecule has 1 aromatic rings. The number of nitrogen functional groups attached to an aromatic ring is 1. The Hall–Kier alpha value is -1.49. The minimum atomic E-state index is -0.431. The molecule has 1 aromatic carbocycles. The summed E-state index contributed by atoms with van der Waals surface area (Å²) in [6, 6.07) is 3.26. The van der Waals surface area contributed by atoms with Gasteiger partial charge in [-0.05, 0) is 20.0 Å². The number of ether oxygens (including phenoxy) is 1. The van der Waals surface area contributed by atoms with Crippen LogP contribution in [0.5, 0.6) is 5.75 Å². The molecule has 3 N–H and O–H groups in total. The normalized spacial score (nSPS) is 20.5. The molecular formula is C12H18FN3O. The summed E-state index contributed by atoms with van der Waals surface area (Å²) in [4.78, 5) is 2.24.